The highest BCUT2D eigenvalue weighted by molar-refractivity contribution is 5.77. The summed E-state index contributed by atoms with van der Waals surface area (Å²) in [6, 6.07) is -0.147. The largest absolute Gasteiger partial charge is 0.481 e. The SMILES string of the molecule is Cc1nc2nc(C(F)(F)F)nn2c(C)c1CCC(=O)NC1CC(C(=O)O)C1. The fraction of sp³-hybridized carbons (Fsp3) is 0.562. The van der Waals surface area contributed by atoms with Gasteiger partial charge in [-0.05, 0) is 38.7 Å². The Morgan fingerprint density at radius 1 is 1.26 bits per heavy atom. The Morgan fingerprint density at radius 3 is 2.52 bits per heavy atom. The van der Waals surface area contributed by atoms with Crippen molar-refractivity contribution in [2.75, 3.05) is 0 Å². The quantitative estimate of drug-likeness (QED) is 0.810. The number of carbonyl (C=O) groups excluding carboxylic acids is 1. The van der Waals surface area contributed by atoms with Crippen molar-refractivity contribution >= 4 is 17.7 Å². The molecule has 0 bridgehead atoms. The Balaban J connectivity index is 1.68. The van der Waals surface area contributed by atoms with Crippen LogP contribution in [0.25, 0.3) is 5.78 Å². The number of carboxylic acid groups (broad SMARTS) is 1. The standard InChI is InChI=1S/C16H18F3N5O3/c1-7-11(3-4-12(25)21-10-5-9(6-10)13(26)27)8(2)24-15(20-7)22-14(23-24)16(17,18)19/h9-10H,3-6H2,1-2H3,(H,21,25)(H,26,27). The molecule has 1 saturated carbocycles. The Morgan fingerprint density at radius 2 is 1.93 bits per heavy atom. The van der Waals surface area contributed by atoms with E-state index in [0.29, 0.717) is 29.8 Å². The summed E-state index contributed by atoms with van der Waals surface area (Å²) in [5, 5.41) is 15.1. The number of aryl methyl sites for hydroxylation is 2. The van der Waals surface area contributed by atoms with Crippen molar-refractivity contribution < 1.29 is 27.9 Å². The Bertz CT molecular complexity index is 903. The lowest BCUT2D eigenvalue weighted by Gasteiger charge is -2.32. The van der Waals surface area contributed by atoms with E-state index in [1.807, 2.05) is 0 Å². The molecular weight excluding hydrogens is 367 g/mol. The predicted octanol–water partition coefficient (Wildman–Crippen LogP) is 1.67. The number of carboxylic acids is 1. The maximum absolute atomic E-state index is 12.8. The van der Waals surface area contributed by atoms with Gasteiger partial charge < -0.3 is 10.4 Å². The smallest absolute Gasteiger partial charge is 0.453 e. The summed E-state index contributed by atoms with van der Waals surface area (Å²) in [6.07, 6.45) is -3.45. The topological polar surface area (TPSA) is 109 Å². The molecule has 1 aliphatic carbocycles. The molecule has 2 N–H and O–H groups in total. The molecule has 1 aliphatic rings. The molecule has 1 amide bonds. The minimum Gasteiger partial charge on any atom is -0.481 e. The number of carbonyl (C=O) groups is 2. The molecule has 0 aromatic carbocycles. The van der Waals surface area contributed by atoms with Crippen molar-refractivity contribution in [3.8, 4) is 0 Å². The number of aromatic nitrogens is 4. The highest BCUT2D eigenvalue weighted by Gasteiger charge is 2.37. The Kier molecular flexibility index (Phi) is 4.79. The second kappa shape index (κ2) is 6.78. The first kappa shape index (κ1) is 19.1. The van der Waals surface area contributed by atoms with E-state index in [2.05, 4.69) is 20.4 Å². The molecule has 8 nitrogen and oxygen atoms in total. The van der Waals surface area contributed by atoms with Crippen LogP contribution in [0.4, 0.5) is 13.2 Å². The fourth-order valence-corrected chi connectivity index (χ4v) is 3.17. The van der Waals surface area contributed by atoms with E-state index in [0.717, 1.165) is 4.52 Å². The van der Waals surface area contributed by atoms with E-state index in [-0.39, 0.29) is 30.6 Å². The van der Waals surface area contributed by atoms with Crippen molar-refractivity contribution in [3.05, 3.63) is 22.8 Å². The molecular formula is C16H18F3N5O3. The highest BCUT2D eigenvalue weighted by Crippen LogP contribution is 2.28. The molecule has 0 aliphatic heterocycles. The third kappa shape index (κ3) is 3.86. The van der Waals surface area contributed by atoms with Gasteiger partial charge in [-0.1, -0.05) is 0 Å². The lowest BCUT2D eigenvalue weighted by atomic mass is 9.80. The third-order valence-corrected chi connectivity index (χ3v) is 4.76. The number of amides is 1. The van der Waals surface area contributed by atoms with Gasteiger partial charge in [-0.25, -0.2) is 9.50 Å². The molecule has 0 saturated heterocycles. The second-order valence-electron chi connectivity index (χ2n) is 6.68. The van der Waals surface area contributed by atoms with Gasteiger partial charge in [-0.2, -0.15) is 18.2 Å². The molecule has 0 atom stereocenters. The van der Waals surface area contributed by atoms with Crippen LogP contribution in [0.5, 0.6) is 0 Å². The molecule has 2 heterocycles. The maximum Gasteiger partial charge on any atom is 0.453 e. The summed E-state index contributed by atoms with van der Waals surface area (Å²) < 4.78 is 39.4. The zero-order valence-electron chi connectivity index (χ0n) is 14.7. The fourth-order valence-electron chi connectivity index (χ4n) is 3.17. The number of nitrogens with zero attached hydrogens (tertiary/aromatic N) is 4. The zero-order chi connectivity index (χ0) is 19.9. The van der Waals surface area contributed by atoms with Crippen LogP contribution < -0.4 is 5.32 Å². The molecule has 11 heteroatoms. The van der Waals surface area contributed by atoms with E-state index in [1.54, 1.807) is 13.8 Å². The highest BCUT2D eigenvalue weighted by atomic mass is 19.4. The first-order valence-electron chi connectivity index (χ1n) is 8.38. The average Bonchev–Trinajstić information content (AvgIpc) is 2.94. The van der Waals surface area contributed by atoms with E-state index >= 15 is 0 Å². The van der Waals surface area contributed by atoms with Gasteiger partial charge in [0.05, 0.1) is 5.92 Å². The molecule has 1 fully saturated rings. The monoisotopic (exact) mass is 385 g/mol. The number of hydrogen-bond donors (Lipinski definition) is 2. The number of aliphatic carboxylic acids is 1. The summed E-state index contributed by atoms with van der Waals surface area (Å²) in [4.78, 5) is 30.3. The van der Waals surface area contributed by atoms with Crippen molar-refractivity contribution in [1.29, 1.82) is 0 Å². The van der Waals surface area contributed by atoms with Crippen molar-refractivity contribution in [3.63, 3.8) is 0 Å². The van der Waals surface area contributed by atoms with Gasteiger partial charge in [0.25, 0.3) is 11.6 Å². The van der Waals surface area contributed by atoms with Gasteiger partial charge >= 0.3 is 12.1 Å². The zero-order valence-corrected chi connectivity index (χ0v) is 14.7. The Labute approximate surface area is 151 Å². The van der Waals surface area contributed by atoms with Crippen LogP contribution in [-0.4, -0.2) is 42.6 Å². The molecule has 2 aromatic heterocycles. The summed E-state index contributed by atoms with van der Waals surface area (Å²) in [6.45, 7) is 3.25. The number of nitrogens with one attached hydrogen (secondary N) is 1. The Hall–Kier alpha value is -2.72. The number of alkyl halides is 3. The second-order valence-corrected chi connectivity index (χ2v) is 6.68. The van der Waals surface area contributed by atoms with Gasteiger partial charge in [0.1, 0.15) is 0 Å². The molecule has 0 spiro atoms. The van der Waals surface area contributed by atoms with Gasteiger partial charge in [-0.15, -0.1) is 5.10 Å². The van der Waals surface area contributed by atoms with Gasteiger partial charge in [0, 0.05) is 23.9 Å². The lowest BCUT2D eigenvalue weighted by Crippen LogP contribution is -2.46. The average molecular weight is 385 g/mol. The van der Waals surface area contributed by atoms with Crippen molar-refractivity contribution in [1.82, 2.24) is 24.9 Å². The molecule has 3 rings (SSSR count). The van der Waals surface area contributed by atoms with Gasteiger partial charge in [0.15, 0.2) is 0 Å². The minimum atomic E-state index is -4.66. The molecule has 0 radical (unpaired) electrons. The van der Waals surface area contributed by atoms with E-state index < -0.39 is 23.9 Å². The van der Waals surface area contributed by atoms with Crippen LogP contribution in [-0.2, 0) is 22.2 Å². The van der Waals surface area contributed by atoms with Gasteiger partial charge in [0.2, 0.25) is 5.91 Å². The van der Waals surface area contributed by atoms with Crippen LogP contribution in [0.2, 0.25) is 0 Å². The summed E-state index contributed by atoms with van der Waals surface area (Å²) in [5.41, 5.74) is 1.57. The molecule has 27 heavy (non-hydrogen) atoms. The normalized spacial score (nSPS) is 19.7. The third-order valence-electron chi connectivity index (χ3n) is 4.76. The molecule has 146 valence electrons. The van der Waals surface area contributed by atoms with Crippen LogP contribution in [0, 0.1) is 19.8 Å². The summed E-state index contributed by atoms with van der Waals surface area (Å²) >= 11 is 0. The number of hydrogen-bond acceptors (Lipinski definition) is 5. The van der Waals surface area contributed by atoms with Crippen LogP contribution >= 0.6 is 0 Å². The van der Waals surface area contributed by atoms with E-state index in [4.69, 9.17) is 5.11 Å². The first-order valence-corrected chi connectivity index (χ1v) is 8.38. The summed E-state index contributed by atoms with van der Waals surface area (Å²) in [7, 11) is 0. The first-order chi connectivity index (χ1) is 12.6. The van der Waals surface area contributed by atoms with Crippen LogP contribution in [0.3, 0.4) is 0 Å². The van der Waals surface area contributed by atoms with Crippen molar-refractivity contribution in [2.45, 2.75) is 51.7 Å². The van der Waals surface area contributed by atoms with Crippen LogP contribution in [0.1, 0.15) is 42.0 Å². The minimum absolute atomic E-state index is 0.115. The number of halogens is 3. The maximum atomic E-state index is 12.8. The molecule has 2 aromatic rings. The predicted molar refractivity (Wildman–Crippen MR) is 85.9 cm³/mol. The van der Waals surface area contributed by atoms with Gasteiger partial charge in [-0.3, -0.25) is 9.59 Å². The summed E-state index contributed by atoms with van der Waals surface area (Å²) in [5.74, 6) is -2.92. The lowest BCUT2D eigenvalue weighted by molar-refractivity contribution is -0.146. The van der Waals surface area contributed by atoms with Crippen molar-refractivity contribution in [2.24, 2.45) is 5.92 Å². The molecule has 0 unspecified atom stereocenters. The van der Waals surface area contributed by atoms with Crippen LogP contribution in [0.15, 0.2) is 0 Å². The number of rotatable bonds is 5. The number of fused-ring (bicyclic) bond motifs is 1. The van der Waals surface area contributed by atoms with E-state index in [1.165, 1.54) is 0 Å². The van der Waals surface area contributed by atoms with E-state index in [9.17, 15) is 22.8 Å².